The fourth-order valence-electron chi connectivity index (χ4n) is 3.40. The van der Waals surface area contributed by atoms with Gasteiger partial charge in [0, 0.05) is 37.8 Å². The Balaban J connectivity index is 1.96. The number of nitrogens with two attached hydrogens (primary N) is 1. The van der Waals surface area contributed by atoms with Crippen LogP contribution in [0, 0.1) is 5.92 Å². The molecule has 3 unspecified atom stereocenters. The average Bonchev–Trinajstić information content (AvgIpc) is 2.99. The molecule has 0 saturated carbocycles. The molecule has 4 nitrogen and oxygen atoms in total. The molecule has 2 aliphatic heterocycles. The van der Waals surface area contributed by atoms with E-state index in [2.05, 4.69) is 18.7 Å². The van der Waals surface area contributed by atoms with Crippen LogP contribution in [0.5, 0.6) is 0 Å². The quantitative estimate of drug-likeness (QED) is 0.797. The lowest BCUT2D eigenvalue weighted by Gasteiger charge is -2.48. The van der Waals surface area contributed by atoms with E-state index in [4.69, 9.17) is 15.2 Å². The first kappa shape index (κ1) is 15.2. The molecule has 2 fully saturated rings. The topological polar surface area (TPSA) is 47.7 Å². The van der Waals surface area contributed by atoms with Gasteiger partial charge in [0.05, 0.1) is 12.7 Å². The van der Waals surface area contributed by atoms with Crippen molar-refractivity contribution >= 4 is 0 Å². The zero-order valence-corrected chi connectivity index (χ0v) is 12.6. The highest BCUT2D eigenvalue weighted by Crippen LogP contribution is 2.33. The Kier molecular flexibility index (Phi) is 5.63. The minimum Gasteiger partial charge on any atom is -0.381 e. The molecule has 0 bridgehead atoms. The summed E-state index contributed by atoms with van der Waals surface area (Å²) in [5.41, 5.74) is 6.20. The SMILES string of the molecule is CCCOC1CCCN(C(C)(CN)C2CCOC2)C1. The van der Waals surface area contributed by atoms with Crippen molar-refractivity contribution in [3.05, 3.63) is 0 Å². The van der Waals surface area contributed by atoms with Gasteiger partial charge in [0.25, 0.3) is 0 Å². The monoisotopic (exact) mass is 270 g/mol. The summed E-state index contributed by atoms with van der Waals surface area (Å²) < 4.78 is 11.5. The van der Waals surface area contributed by atoms with Gasteiger partial charge in [-0.2, -0.15) is 0 Å². The van der Waals surface area contributed by atoms with Crippen LogP contribution in [-0.4, -0.2) is 56.0 Å². The van der Waals surface area contributed by atoms with E-state index >= 15 is 0 Å². The van der Waals surface area contributed by atoms with Crippen LogP contribution in [0.1, 0.15) is 39.5 Å². The molecule has 4 heteroatoms. The van der Waals surface area contributed by atoms with Crippen LogP contribution in [0.4, 0.5) is 0 Å². The Bertz CT molecular complexity index is 269. The first-order valence-corrected chi connectivity index (χ1v) is 7.85. The van der Waals surface area contributed by atoms with Crippen molar-refractivity contribution < 1.29 is 9.47 Å². The van der Waals surface area contributed by atoms with Crippen molar-refractivity contribution in [3.8, 4) is 0 Å². The Hall–Kier alpha value is -0.160. The number of piperidine rings is 1. The highest BCUT2D eigenvalue weighted by Gasteiger charge is 2.42. The number of hydrogen-bond donors (Lipinski definition) is 1. The zero-order chi connectivity index (χ0) is 13.7. The molecular weight excluding hydrogens is 240 g/mol. The molecule has 0 aromatic rings. The summed E-state index contributed by atoms with van der Waals surface area (Å²) in [6, 6.07) is 0. The van der Waals surface area contributed by atoms with Crippen molar-refractivity contribution in [2.45, 2.75) is 51.2 Å². The van der Waals surface area contributed by atoms with Crippen molar-refractivity contribution in [1.29, 1.82) is 0 Å². The Morgan fingerprint density at radius 1 is 1.42 bits per heavy atom. The van der Waals surface area contributed by atoms with Crippen LogP contribution in [0.2, 0.25) is 0 Å². The fraction of sp³-hybridized carbons (Fsp3) is 1.00. The lowest BCUT2D eigenvalue weighted by molar-refractivity contribution is -0.0488. The van der Waals surface area contributed by atoms with Gasteiger partial charge in [-0.15, -0.1) is 0 Å². The average molecular weight is 270 g/mol. The van der Waals surface area contributed by atoms with Crippen LogP contribution in [-0.2, 0) is 9.47 Å². The summed E-state index contributed by atoms with van der Waals surface area (Å²) in [6.45, 7) is 10.0. The van der Waals surface area contributed by atoms with E-state index in [0.717, 1.165) is 45.8 Å². The molecule has 0 aliphatic carbocycles. The molecule has 2 N–H and O–H groups in total. The predicted molar refractivity (Wildman–Crippen MR) is 77.2 cm³/mol. The molecule has 2 saturated heterocycles. The number of ether oxygens (including phenoxy) is 2. The second-order valence-corrected chi connectivity index (χ2v) is 6.20. The van der Waals surface area contributed by atoms with E-state index in [1.54, 1.807) is 0 Å². The van der Waals surface area contributed by atoms with Crippen LogP contribution >= 0.6 is 0 Å². The maximum atomic E-state index is 6.13. The van der Waals surface area contributed by atoms with Crippen LogP contribution in [0.15, 0.2) is 0 Å². The molecular formula is C15H30N2O2. The molecule has 2 heterocycles. The highest BCUT2D eigenvalue weighted by molar-refractivity contribution is 4.97. The van der Waals surface area contributed by atoms with E-state index < -0.39 is 0 Å². The van der Waals surface area contributed by atoms with E-state index in [1.807, 2.05) is 0 Å². The number of nitrogens with zero attached hydrogens (tertiary/aromatic N) is 1. The normalized spacial score (nSPS) is 32.4. The maximum Gasteiger partial charge on any atom is 0.0702 e. The van der Waals surface area contributed by atoms with Gasteiger partial charge in [-0.05, 0) is 39.2 Å². The fourth-order valence-corrected chi connectivity index (χ4v) is 3.40. The van der Waals surface area contributed by atoms with Gasteiger partial charge in [0.15, 0.2) is 0 Å². The largest absolute Gasteiger partial charge is 0.381 e. The minimum absolute atomic E-state index is 0.0742. The molecule has 2 aliphatic rings. The smallest absolute Gasteiger partial charge is 0.0702 e. The maximum absolute atomic E-state index is 6.13. The lowest BCUT2D eigenvalue weighted by atomic mass is 9.82. The van der Waals surface area contributed by atoms with Gasteiger partial charge >= 0.3 is 0 Å². The molecule has 0 aromatic heterocycles. The van der Waals surface area contributed by atoms with Crippen LogP contribution < -0.4 is 5.73 Å². The van der Waals surface area contributed by atoms with Gasteiger partial charge in [0.1, 0.15) is 0 Å². The third-order valence-corrected chi connectivity index (χ3v) is 4.88. The highest BCUT2D eigenvalue weighted by atomic mass is 16.5. The number of rotatable bonds is 6. The summed E-state index contributed by atoms with van der Waals surface area (Å²) in [6.07, 6.45) is 5.05. The molecule has 0 amide bonds. The summed E-state index contributed by atoms with van der Waals surface area (Å²) in [7, 11) is 0. The second-order valence-electron chi connectivity index (χ2n) is 6.20. The lowest BCUT2D eigenvalue weighted by Crippen LogP contribution is -2.60. The molecule has 2 rings (SSSR count). The van der Waals surface area contributed by atoms with E-state index in [1.165, 1.54) is 12.8 Å². The summed E-state index contributed by atoms with van der Waals surface area (Å²) in [5, 5.41) is 0. The van der Waals surface area contributed by atoms with Crippen LogP contribution in [0.25, 0.3) is 0 Å². The van der Waals surface area contributed by atoms with Crippen molar-refractivity contribution in [3.63, 3.8) is 0 Å². The van der Waals surface area contributed by atoms with Crippen molar-refractivity contribution in [1.82, 2.24) is 4.90 Å². The van der Waals surface area contributed by atoms with Gasteiger partial charge in [0.2, 0.25) is 0 Å². The number of likely N-dealkylation sites (tertiary alicyclic amines) is 1. The van der Waals surface area contributed by atoms with Gasteiger partial charge in [-0.3, -0.25) is 4.90 Å². The minimum atomic E-state index is 0.0742. The predicted octanol–water partition coefficient (Wildman–Crippen LogP) is 1.63. The zero-order valence-electron chi connectivity index (χ0n) is 12.6. The van der Waals surface area contributed by atoms with E-state index in [-0.39, 0.29) is 5.54 Å². The second kappa shape index (κ2) is 7.02. The molecule has 0 radical (unpaired) electrons. The first-order chi connectivity index (χ1) is 9.20. The molecule has 0 aromatic carbocycles. The van der Waals surface area contributed by atoms with Crippen molar-refractivity contribution in [2.75, 3.05) is 39.5 Å². The molecule has 0 spiro atoms. The molecule has 19 heavy (non-hydrogen) atoms. The van der Waals surface area contributed by atoms with Gasteiger partial charge < -0.3 is 15.2 Å². The summed E-state index contributed by atoms with van der Waals surface area (Å²) >= 11 is 0. The molecule has 112 valence electrons. The Morgan fingerprint density at radius 2 is 2.26 bits per heavy atom. The van der Waals surface area contributed by atoms with E-state index in [9.17, 15) is 0 Å². The standard InChI is InChI=1S/C15H30N2O2/c1-3-8-19-14-5-4-7-17(10-14)15(2,12-16)13-6-9-18-11-13/h13-14H,3-12,16H2,1-2H3. The third kappa shape index (κ3) is 3.48. The first-order valence-electron chi connectivity index (χ1n) is 7.85. The Labute approximate surface area is 117 Å². The third-order valence-electron chi connectivity index (χ3n) is 4.88. The molecule has 3 atom stereocenters. The summed E-state index contributed by atoms with van der Waals surface area (Å²) in [4.78, 5) is 2.57. The summed E-state index contributed by atoms with van der Waals surface area (Å²) in [5.74, 6) is 0.572. The van der Waals surface area contributed by atoms with Crippen LogP contribution in [0.3, 0.4) is 0 Å². The number of hydrogen-bond acceptors (Lipinski definition) is 4. The van der Waals surface area contributed by atoms with Gasteiger partial charge in [-0.25, -0.2) is 0 Å². The van der Waals surface area contributed by atoms with Gasteiger partial charge in [-0.1, -0.05) is 6.92 Å². The van der Waals surface area contributed by atoms with Crippen molar-refractivity contribution in [2.24, 2.45) is 11.7 Å². The Morgan fingerprint density at radius 3 is 2.89 bits per heavy atom. The van der Waals surface area contributed by atoms with E-state index in [0.29, 0.717) is 18.6 Å².